The second-order valence-corrected chi connectivity index (χ2v) is 7.51. The van der Waals surface area contributed by atoms with Gasteiger partial charge in [0.25, 0.3) is 0 Å². The quantitative estimate of drug-likeness (QED) is 0.388. The third-order valence-corrected chi connectivity index (χ3v) is 4.94. The molecule has 6 nitrogen and oxygen atoms in total. The van der Waals surface area contributed by atoms with Gasteiger partial charge in [-0.25, -0.2) is 4.98 Å². The second kappa shape index (κ2) is 8.16. The number of carbonyl (C=O) groups is 1. The van der Waals surface area contributed by atoms with E-state index in [-0.39, 0.29) is 27.7 Å². The molecule has 10 heteroatoms. The average Bonchev–Trinajstić information content (AvgIpc) is 3.09. The molecule has 0 aliphatic rings. The lowest BCUT2D eigenvalue weighted by Crippen LogP contribution is -2.08. The molecule has 0 saturated carbocycles. The van der Waals surface area contributed by atoms with Crippen LogP contribution < -0.4 is 10.6 Å². The van der Waals surface area contributed by atoms with E-state index in [0.717, 1.165) is 4.52 Å². The van der Waals surface area contributed by atoms with Gasteiger partial charge in [-0.2, -0.15) is 22.8 Å². The van der Waals surface area contributed by atoms with Crippen molar-refractivity contribution in [3.05, 3.63) is 71.0 Å². The number of carbonyl (C=O) groups excluding carboxylic acids is 1. The number of aryl methyl sites for hydroxylation is 1. The van der Waals surface area contributed by atoms with Gasteiger partial charge in [0, 0.05) is 40.6 Å². The average molecular weight is 460 g/mol. The zero-order valence-corrected chi connectivity index (χ0v) is 17.7. The highest BCUT2D eigenvalue weighted by molar-refractivity contribution is 6.33. The lowest BCUT2D eigenvalue weighted by Gasteiger charge is -2.11. The second-order valence-electron chi connectivity index (χ2n) is 7.10. The van der Waals surface area contributed by atoms with Gasteiger partial charge in [-0.1, -0.05) is 29.8 Å². The van der Waals surface area contributed by atoms with Gasteiger partial charge in [-0.05, 0) is 37.3 Å². The van der Waals surface area contributed by atoms with Crippen molar-refractivity contribution >= 4 is 40.3 Å². The molecule has 4 aromatic rings. The monoisotopic (exact) mass is 459 g/mol. The molecule has 2 aromatic carbocycles. The minimum Gasteiger partial charge on any atom is -0.340 e. The van der Waals surface area contributed by atoms with Crippen molar-refractivity contribution in [3.63, 3.8) is 0 Å². The number of amides is 1. The maximum atomic E-state index is 13.9. The van der Waals surface area contributed by atoms with Crippen LogP contribution >= 0.6 is 11.6 Å². The van der Waals surface area contributed by atoms with Gasteiger partial charge in [0.05, 0.1) is 5.56 Å². The Morgan fingerprint density at radius 2 is 1.72 bits per heavy atom. The van der Waals surface area contributed by atoms with Crippen LogP contribution in [0.2, 0.25) is 5.02 Å². The number of benzene rings is 2. The summed E-state index contributed by atoms with van der Waals surface area (Å²) >= 11 is 6.22. The van der Waals surface area contributed by atoms with Crippen LogP contribution in [0.3, 0.4) is 0 Å². The Morgan fingerprint density at radius 1 is 1.06 bits per heavy atom. The number of alkyl halides is 3. The Labute approximate surface area is 186 Å². The minimum absolute atomic E-state index is 0.0304. The van der Waals surface area contributed by atoms with Gasteiger partial charge in [0.15, 0.2) is 11.3 Å². The van der Waals surface area contributed by atoms with E-state index in [1.807, 2.05) is 0 Å². The largest absolute Gasteiger partial charge is 0.435 e. The molecule has 0 fully saturated rings. The van der Waals surface area contributed by atoms with E-state index in [0.29, 0.717) is 22.9 Å². The Kier molecular flexibility index (Phi) is 5.52. The number of rotatable bonds is 4. The number of anilines is 3. The van der Waals surface area contributed by atoms with Crippen LogP contribution in [0, 0.1) is 6.92 Å². The number of nitrogens with one attached hydrogen (secondary N) is 2. The van der Waals surface area contributed by atoms with Crippen LogP contribution in [0.25, 0.3) is 16.8 Å². The molecule has 4 rings (SSSR count). The zero-order chi connectivity index (χ0) is 23.0. The third-order valence-electron chi connectivity index (χ3n) is 4.61. The first kappa shape index (κ1) is 21.6. The van der Waals surface area contributed by atoms with E-state index >= 15 is 0 Å². The number of nitrogens with zero attached hydrogens (tertiary/aromatic N) is 3. The lowest BCUT2D eigenvalue weighted by molar-refractivity contribution is -0.140. The van der Waals surface area contributed by atoms with Gasteiger partial charge < -0.3 is 10.6 Å². The van der Waals surface area contributed by atoms with Crippen molar-refractivity contribution in [2.24, 2.45) is 0 Å². The zero-order valence-electron chi connectivity index (χ0n) is 17.0. The number of hydrogen-bond acceptors (Lipinski definition) is 4. The first-order valence-electron chi connectivity index (χ1n) is 9.50. The molecule has 2 aromatic heterocycles. The normalized spacial score (nSPS) is 11.6. The third kappa shape index (κ3) is 4.24. The molecule has 164 valence electrons. The van der Waals surface area contributed by atoms with Crippen molar-refractivity contribution < 1.29 is 18.0 Å². The van der Waals surface area contributed by atoms with Crippen molar-refractivity contribution in [3.8, 4) is 11.1 Å². The number of fused-ring (bicyclic) bond motifs is 1. The van der Waals surface area contributed by atoms with Gasteiger partial charge >= 0.3 is 6.18 Å². The molecule has 1 amide bonds. The van der Waals surface area contributed by atoms with Gasteiger partial charge in [-0.15, -0.1) is 0 Å². The molecule has 0 unspecified atom stereocenters. The standard InChI is InChI=1S/C22H17ClF3N5O/c1-12-11-18(29-15-9-7-14(8-10-15)28-13(2)32)31-21(27-12)19(20(30-31)22(24,25)26)16-5-3-4-6-17(16)23/h3-11,29H,1-2H3,(H,28,32). The Balaban J connectivity index is 1.87. The van der Waals surface area contributed by atoms with Crippen LogP contribution in [0.15, 0.2) is 54.6 Å². The SMILES string of the molecule is CC(=O)Nc1ccc(Nc2cc(C)nc3c(-c4ccccc4Cl)c(C(F)(F)F)nn23)cc1. The predicted octanol–water partition coefficient (Wildman–Crippen LogP) is 6.08. The first-order chi connectivity index (χ1) is 15.1. The molecule has 0 radical (unpaired) electrons. The maximum Gasteiger partial charge on any atom is 0.435 e. The molecule has 0 atom stereocenters. The number of aromatic nitrogens is 3. The van der Waals surface area contributed by atoms with E-state index in [2.05, 4.69) is 20.7 Å². The summed E-state index contributed by atoms with van der Waals surface area (Å²) in [7, 11) is 0. The predicted molar refractivity (Wildman–Crippen MR) is 117 cm³/mol. The van der Waals surface area contributed by atoms with E-state index in [9.17, 15) is 18.0 Å². The molecule has 0 bridgehead atoms. The number of halogens is 4. The van der Waals surface area contributed by atoms with E-state index in [1.165, 1.54) is 19.1 Å². The van der Waals surface area contributed by atoms with E-state index < -0.39 is 11.9 Å². The summed E-state index contributed by atoms with van der Waals surface area (Å²) in [6, 6.07) is 14.6. The van der Waals surface area contributed by atoms with Gasteiger partial charge in [-0.3, -0.25) is 4.79 Å². The van der Waals surface area contributed by atoms with Crippen LogP contribution in [-0.2, 0) is 11.0 Å². The van der Waals surface area contributed by atoms with E-state index in [4.69, 9.17) is 11.6 Å². The van der Waals surface area contributed by atoms with Crippen molar-refractivity contribution in [2.75, 3.05) is 10.6 Å². The summed E-state index contributed by atoms with van der Waals surface area (Å²) in [6.07, 6.45) is -4.71. The molecule has 0 spiro atoms. The highest BCUT2D eigenvalue weighted by Crippen LogP contribution is 2.41. The van der Waals surface area contributed by atoms with Gasteiger partial charge in [0.1, 0.15) is 5.82 Å². The molecule has 0 saturated heterocycles. The summed E-state index contributed by atoms with van der Waals surface area (Å²) < 4.78 is 42.9. The molecule has 32 heavy (non-hydrogen) atoms. The highest BCUT2D eigenvalue weighted by atomic mass is 35.5. The topological polar surface area (TPSA) is 71.3 Å². The molecular formula is C22H17ClF3N5O. The fourth-order valence-electron chi connectivity index (χ4n) is 3.33. The minimum atomic E-state index is -4.71. The maximum absolute atomic E-state index is 13.9. The molecule has 2 N–H and O–H groups in total. The van der Waals surface area contributed by atoms with Crippen LogP contribution in [-0.4, -0.2) is 20.5 Å². The van der Waals surface area contributed by atoms with Crippen LogP contribution in [0.5, 0.6) is 0 Å². The molecular weight excluding hydrogens is 443 g/mol. The summed E-state index contributed by atoms with van der Waals surface area (Å²) in [5.41, 5.74) is 0.649. The van der Waals surface area contributed by atoms with Crippen molar-refractivity contribution in [1.29, 1.82) is 0 Å². The fourth-order valence-corrected chi connectivity index (χ4v) is 3.56. The van der Waals surface area contributed by atoms with Crippen LogP contribution in [0.1, 0.15) is 18.3 Å². The molecule has 0 aliphatic carbocycles. The summed E-state index contributed by atoms with van der Waals surface area (Å²) in [5.74, 6) is 0.0871. The van der Waals surface area contributed by atoms with Gasteiger partial charge in [0.2, 0.25) is 5.91 Å². The summed E-state index contributed by atoms with van der Waals surface area (Å²) in [5, 5.41) is 9.74. The summed E-state index contributed by atoms with van der Waals surface area (Å²) in [4.78, 5) is 15.5. The van der Waals surface area contributed by atoms with Crippen LogP contribution in [0.4, 0.5) is 30.4 Å². The smallest absolute Gasteiger partial charge is 0.340 e. The fraction of sp³-hybridized carbons (Fsp3) is 0.136. The first-order valence-corrected chi connectivity index (χ1v) is 9.88. The Bertz CT molecular complexity index is 1320. The summed E-state index contributed by atoms with van der Waals surface area (Å²) in [6.45, 7) is 3.08. The highest BCUT2D eigenvalue weighted by Gasteiger charge is 2.39. The number of hydrogen-bond donors (Lipinski definition) is 2. The Hall–Kier alpha value is -3.59. The molecule has 2 heterocycles. The molecule has 0 aliphatic heterocycles. The van der Waals surface area contributed by atoms with Crippen molar-refractivity contribution in [1.82, 2.24) is 14.6 Å². The van der Waals surface area contributed by atoms with E-state index in [1.54, 1.807) is 49.4 Å². The lowest BCUT2D eigenvalue weighted by atomic mass is 10.1. The Morgan fingerprint density at radius 3 is 2.34 bits per heavy atom. The van der Waals surface area contributed by atoms with Crippen molar-refractivity contribution in [2.45, 2.75) is 20.0 Å².